The second-order valence-corrected chi connectivity index (χ2v) is 7.55. The molecule has 1 heterocycles. The molecule has 0 saturated carbocycles. The van der Waals surface area contributed by atoms with Crippen LogP contribution in [0.3, 0.4) is 0 Å². The smallest absolute Gasteiger partial charge is 0.322 e. The van der Waals surface area contributed by atoms with Crippen molar-refractivity contribution in [2.45, 2.75) is 47.0 Å². The summed E-state index contributed by atoms with van der Waals surface area (Å²) in [4.78, 5) is 12.6. The minimum atomic E-state index is -0.366. The Morgan fingerprint density at radius 2 is 1.51 bits per heavy atom. The lowest BCUT2D eigenvalue weighted by Crippen LogP contribution is -2.12. The van der Waals surface area contributed by atoms with Crippen LogP contribution in [-0.2, 0) is 0 Å². The molecule has 9 nitrogen and oxygen atoms in total. The summed E-state index contributed by atoms with van der Waals surface area (Å²) in [5.41, 5.74) is 1.03. The van der Waals surface area contributed by atoms with Gasteiger partial charge >= 0.3 is 6.01 Å². The fraction of sp³-hybridized carbons (Fsp3) is 0.423. The number of rotatable bonds is 14. The number of nitrogens with one attached hydrogen (secondary N) is 1. The minimum Gasteiger partial charge on any atom is -0.494 e. The Morgan fingerprint density at radius 3 is 2.11 bits per heavy atom. The molecule has 0 radical (unpaired) electrons. The highest BCUT2D eigenvalue weighted by atomic mass is 16.5. The molecule has 0 aliphatic carbocycles. The molecule has 0 spiro atoms. The van der Waals surface area contributed by atoms with Crippen LogP contribution >= 0.6 is 0 Å². The Balaban J connectivity index is 1.72. The molecule has 0 aliphatic heterocycles. The van der Waals surface area contributed by atoms with E-state index in [9.17, 15) is 4.79 Å². The molecular formula is C26H33N3O6. The zero-order valence-corrected chi connectivity index (χ0v) is 20.8. The van der Waals surface area contributed by atoms with E-state index in [2.05, 4.69) is 22.4 Å². The van der Waals surface area contributed by atoms with Gasteiger partial charge in [-0.3, -0.25) is 10.1 Å². The Bertz CT molecular complexity index is 1050. The summed E-state index contributed by atoms with van der Waals surface area (Å²) in [6.07, 6.45) is 3.27. The van der Waals surface area contributed by atoms with Gasteiger partial charge in [0.25, 0.3) is 5.91 Å². The monoisotopic (exact) mass is 483 g/mol. The Morgan fingerprint density at radius 1 is 0.857 bits per heavy atom. The lowest BCUT2D eigenvalue weighted by molar-refractivity contribution is 0.102. The average Bonchev–Trinajstić information content (AvgIpc) is 3.33. The molecule has 0 unspecified atom stereocenters. The molecule has 188 valence electrons. The first-order chi connectivity index (χ1) is 17.1. The first-order valence-corrected chi connectivity index (χ1v) is 12.0. The van der Waals surface area contributed by atoms with Gasteiger partial charge in [0.05, 0.1) is 26.4 Å². The topological polar surface area (TPSA) is 105 Å². The summed E-state index contributed by atoms with van der Waals surface area (Å²) in [5.74, 6) is 2.11. The van der Waals surface area contributed by atoms with Crippen LogP contribution in [0.2, 0.25) is 0 Å². The van der Waals surface area contributed by atoms with E-state index in [1.807, 2.05) is 20.8 Å². The van der Waals surface area contributed by atoms with E-state index in [-0.39, 0.29) is 17.8 Å². The zero-order chi connectivity index (χ0) is 25.0. The van der Waals surface area contributed by atoms with Crippen molar-refractivity contribution in [3.05, 3.63) is 42.0 Å². The molecule has 35 heavy (non-hydrogen) atoms. The van der Waals surface area contributed by atoms with Crippen LogP contribution in [0.5, 0.6) is 23.0 Å². The first-order valence-electron chi connectivity index (χ1n) is 12.0. The number of ether oxygens (including phenoxy) is 4. The zero-order valence-electron chi connectivity index (χ0n) is 20.8. The minimum absolute atomic E-state index is 0.0188. The van der Waals surface area contributed by atoms with Gasteiger partial charge in [-0.1, -0.05) is 24.9 Å². The van der Waals surface area contributed by atoms with Crippen LogP contribution < -0.4 is 24.3 Å². The van der Waals surface area contributed by atoms with Gasteiger partial charge in [0.2, 0.25) is 11.6 Å². The largest absolute Gasteiger partial charge is 0.494 e. The van der Waals surface area contributed by atoms with Crippen molar-refractivity contribution < 1.29 is 28.2 Å². The molecule has 3 aromatic rings. The van der Waals surface area contributed by atoms with Crippen LogP contribution in [0.4, 0.5) is 6.01 Å². The van der Waals surface area contributed by atoms with E-state index >= 15 is 0 Å². The summed E-state index contributed by atoms with van der Waals surface area (Å²) in [6.45, 7) is 9.82. The van der Waals surface area contributed by atoms with Gasteiger partial charge in [-0.25, -0.2) is 0 Å². The fourth-order valence-electron chi connectivity index (χ4n) is 3.32. The number of unbranched alkanes of at least 4 members (excludes halogenated alkanes) is 2. The van der Waals surface area contributed by atoms with Crippen molar-refractivity contribution in [3.8, 4) is 34.5 Å². The van der Waals surface area contributed by atoms with Gasteiger partial charge in [0.1, 0.15) is 5.75 Å². The van der Waals surface area contributed by atoms with Crippen LogP contribution in [0.15, 0.2) is 40.8 Å². The van der Waals surface area contributed by atoms with Crippen LogP contribution in [0.1, 0.15) is 57.3 Å². The Kier molecular flexibility index (Phi) is 9.77. The third kappa shape index (κ3) is 7.11. The highest BCUT2D eigenvalue weighted by Gasteiger charge is 2.19. The van der Waals surface area contributed by atoms with Crippen molar-refractivity contribution in [2.75, 3.05) is 31.7 Å². The van der Waals surface area contributed by atoms with Crippen LogP contribution in [0.25, 0.3) is 11.5 Å². The van der Waals surface area contributed by atoms with Crippen LogP contribution in [-0.4, -0.2) is 42.5 Å². The molecule has 2 aromatic carbocycles. The Labute approximate surface area is 205 Å². The summed E-state index contributed by atoms with van der Waals surface area (Å²) >= 11 is 0. The lowest BCUT2D eigenvalue weighted by Gasteiger charge is -2.16. The second-order valence-electron chi connectivity index (χ2n) is 7.55. The molecule has 1 amide bonds. The summed E-state index contributed by atoms with van der Waals surface area (Å²) in [6, 6.07) is 10.4. The number of amides is 1. The number of hydrogen-bond donors (Lipinski definition) is 1. The van der Waals surface area contributed by atoms with Crippen LogP contribution in [0, 0.1) is 0 Å². The van der Waals surface area contributed by atoms with Crippen molar-refractivity contribution in [1.82, 2.24) is 10.2 Å². The number of benzene rings is 2. The van der Waals surface area contributed by atoms with Crippen molar-refractivity contribution >= 4 is 11.9 Å². The standard InChI is InChI=1S/C26H33N3O6/c1-5-9-10-15-34-20-13-11-18(12-14-20)24(30)27-26-29-28-25(35-26)19-16-21(31-6-2)23(33-8-4)22(17-19)32-7-3/h11-14,16-17H,5-10,15H2,1-4H3,(H,27,29,30). The molecular weight excluding hydrogens is 450 g/mol. The third-order valence-corrected chi connectivity index (χ3v) is 4.93. The van der Waals surface area contributed by atoms with Gasteiger partial charge in [-0.2, -0.15) is 0 Å². The van der Waals surface area contributed by atoms with Gasteiger partial charge in [0, 0.05) is 11.1 Å². The molecule has 0 saturated heterocycles. The van der Waals surface area contributed by atoms with Gasteiger partial charge < -0.3 is 23.4 Å². The maximum Gasteiger partial charge on any atom is 0.322 e. The number of hydrogen-bond acceptors (Lipinski definition) is 8. The number of aromatic nitrogens is 2. The molecule has 0 fully saturated rings. The SMILES string of the molecule is CCCCCOc1ccc(C(=O)Nc2nnc(-c3cc(OCC)c(OCC)c(OCC)c3)o2)cc1. The van der Waals surface area contributed by atoms with Crippen molar-refractivity contribution in [3.63, 3.8) is 0 Å². The van der Waals surface area contributed by atoms with E-state index in [1.165, 1.54) is 0 Å². The van der Waals surface area contributed by atoms with Crippen molar-refractivity contribution in [2.24, 2.45) is 0 Å². The molecule has 9 heteroatoms. The van der Waals surface area contributed by atoms with E-state index < -0.39 is 0 Å². The second kappa shape index (κ2) is 13.2. The van der Waals surface area contributed by atoms with E-state index in [4.69, 9.17) is 23.4 Å². The quantitative estimate of drug-likeness (QED) is 0.289. The average molecular weight is 484 g/mol. The molecule has 3 rings (SSSR count). The predicted molar refractivity (Wildman–Crippen MR) is 133 cm³/mol. The molecule has 0 atom stereocenters. The summed E-state index contributed by atoms with van der Waals surface area (Å²) in [5, 5.41) is 10.7. The maximum absolute atomic E-state index is 12.6. The third-order valence-electron chi connectivity index (χ3n) is 4.93. The summed E-state index contributed by atoms with van der Waals surface area (Å²) < 4.78 is 28.6. The van der Waals surface area contributed by atoms with E-state index in [0.717, 1.165) is 25.0 Å². The highest BCUT2D eigenvalue weighted by molar-refractivity contribution is 6.03. The summed E-state index contributed by atoms with van der Waals surface area (Å²) in [7, 11) is 0. The molecule has 0 bridgehead atoms. The van der Waals surface area contributed by atoms with E-state index in [1.54, 1.807) is 36.4 Å². The fourth-order valence-corrected chi connectivity index (χ4v) is 3.32. The van der Waals surface area contributed by atoms with Gasteiger partial charge in [-0.05, 0) is 63.6 Å². The molecule has 0 aliphatic rings. The predicted octanol–water partition coefficient (Wildman–Crippen LogP) is 5.75. The number of carbonyl (C=O) groups is 1. The highest BCUT2D eigenvalue weighted by Crippen LogP contribution is 2.41. The molecule has 1 aromatic heterocycles. The van der Waals surface area contributed by atoms with Gasteiger partial charge in [0.15, 0.2) is 11.5 Å². The van der Waals surface area contributed by atoms with Crippen molar-refractivity contribution in [1.29, 1.82) is 0 Å². The number of nitrogens with zero attached hydrogens (tertiary/aromatic N) is 2. The van der Waals surface area contributed by atoms with E-state index in [0.29, 0.717) is 54.8 Å². The normalized spacial score (nSPS) is 10.6. The number of carbonyl (C=O) groups excluding carboxylic acids is 1. The first kappa shape index (κ1) is 25.9. The van der Waals surface area contributed by atoms with Gasteiger partial charge in [-0.15, -0.1) is 5.10 Å². The maximum atomic E-state index is 12.6. The number of anilines is 1. The molecule has 1 N–H and O–H groups in total. The lowest BCUT2D eigenvalue weighted by atomic mass is 10.2. The Hall–Kier alpha value is -3.75.